The lowest BCUT2D eigenvalue weighted by atomic mass is 10.3. The standard InChI is InChI=1S/C7H7NO4S/c1-4(6(10)11)2-8-5(9)3-13-7(8)12/h1-3H2,(H,10,11). The third-order valence-corrected chi connectivity index (χ3v) is 2.35. The lowest BCUT2D eigenvalue weighted by Gasteiger charge is -2.11. The average Bonchev–Trinajstić information content (AvgIpc) is 2.35. The molecule has 0 atom stereocenters. The minimum atomic E-state index is -1.20. The highest BCUT2D eigenvalue weighted by atomic mass is 32.2. The van der Waals surface area contributed by atoms with Crippen LogP contribution in [-0.4, -0.2) is 39.4 Å². The van der Waals surface area contributed by atoms with Gasteiger partial charge in [0.2, 0.25) is 5.91 Å². The maximum Gasteiger partial charge on any atom is 0.332 e. The highest BCUT2D eigenvalue weighted by Crippen LogP contribution is 2.19. The van der Waals surface area contributed by atoms with Gasteiger partial charge >= 0.3 is 5.97 Å². The Hall–Kier alpha value is -1.30. The summed E-state index contributed by atoms with van der Waals surface area (Å²) in [6.07, 6.45) is 0. The molecule has 0 aromatic heterocycles. The summed E-state index contributed by atoms with van der Waals surface area (Å²) >= 11 is 0.871. The molecule has 0 radical (unpaired) electrons. The van der Waals surface area contributed by atoms with Gasteiger partial charge in [-0.25, -0.2) is 4.79 Å². The Bertz CT molecular complexity index is 283. The number of carboxylic acids is 1. The number of hydrogen-bond acceptors (Lipinski definition) is 4. The van der Waals surface area contributed by atoms with Crippen LogP contribution in [0, 0.1) is 0 Å². The number of carbonyl (C=O) groups is 3. The van der Waals surface area contributed by atoms with Gasteiger partial charge in [0.25, 0.3) is 5.24 Å². The number of aliphatic carboxylic acids is 1. The van der Waals surface area contributed by atoms with Gasteiger partial charge in [-0.3, -0.25) is 14.5 Å². The second-order valence-corrected chi connectivity index (χ2v) is 3.37. The largest absolute Gasteiger partial charge is 0.478 e. The molecule has 0 saturated carbocycles. The van der Waals surface area contributed by atoms with E-state index in [-0.39, 0.29) is 23.8 Å². The number of imide groups is 1. The van der Waals surface area contributed by atoms with Crippen LogP contribution in [0.25, 0.3) is 0 Å². The van der Waals surface area contributed by atoms with E-state index in [0.29, 0.717) is 0 Å². The van der Waals surface area contributed by atoms with E-state index in [0.717, 1.165) is 16.7 Å². The molecular formula is C7H7NO4S. The molecule has 0 spiro atoms. The highest BCUT2D eigenvalue weighted by molar-refractivity contribution is 8.14. The summed E-state index contributed by atoms with van der Waals surface area (Å²) < 4.78 is 0. The van der Waals surface area contributed by atoms with Gasteiger partial charge in [-0.2, -0.15) is 0 Å². The number of thioether (sulfide) groups is 1. The number of carbonyl (C=O) groups excluding carboxylic acids is 2. The van der Waals surface area contributed by atoms with E-state index in [1.54, 1.807) is 0 Å². The zero-order valence-electron chi connectivity index (χ0n) is 6.65. The van der Waals surface area contributed by atoms with Crippen molar-refractivity contribution < 1.29 is 19.5 Å². The lowest BCUT2D eigenvalue weighted by Crippen LogP contribution is -2.31. The monoisotopic (exact) mass is 201 g/mol. The minimum absolute atomic E-state index is 0.0890. The zero-order valence-corrected chi connectivity index (χ0v) is 7.47. The molecule has 13 heavy (non-hydrogen) atoms. The minimum Gasteiger partial charge on any atom is -0.478 e. The topological polar surface area (TPSA) is 74.7 Å². The van der Waals surface area contributed by atoms with Crippen LogP contribution >= 0.6 is 11.8 Å². The Labute approximate surface area is 78.4 Å². The summed E-state index contributed by atoms with van der Waals surface area (Å²) in [5, 5.41) is 8.05. The van der Waals surface area contributed by atoms with Crippen molar-refractivity contribution in [2.75, 3.05) is 12.3 Å². The Kier molecular flexibility index (Phi) is 2.72. The van der Waals surface area contributed by atoms with Gasteiger partial charge in [-0.1, -0.05) is 18.3 Å². The van der Waals surface area contributed by atoms with Crippen molar-refractivity contribution in [3.63, 3.8) is 0 Å². The van der Waals surface area contributed by atoms with E-state index < -0.39 is 11.2 Å². The van der Waals surface area contributed by atoms with Gasteiger partial charge in [0.05, 0.1) is 12.3 Å². The van der Waals surface area contributed by atoms with Crippen molar-refractivity contribution in [1.29, 1.82) is 0 Å². The number of nitrogens with zero attached hydrogens (tertiary/aromatic N) is 1. The third kappa shape index (κ3) is 2.09. The zero-order chi connectivity index (χ0) is 10.0. The Morgan fingerprint density at radius 3 is 2.62 bits per heavy atom. The van der Waals surface area contributed by atoms with Crippen LogP contribution in [0.1, 0.15) is 0 Å². The molecule has 1 fully saturated rings. The van der Waals surface area contributed by atoms with Crippen molar-refractivity contribution in [2.45, 2.75) is 0 Å². The molecule has 0 unspecified atom stereocenters. The van der Waals surface area contributed by atoms with Crippen LogP contribution in [0.15, 0.2) is 12.2 Å². The van der Waals surface area contributed by atoms with E-state index in [1.165, 1.54) is 0 Å². The lowest BCUT2D eigenvalue weighted by molar-refractivity contribution is -0.133. The van der Waals surface area contributed by atoms with Crippen molar-refractivity contribution in [1.82, 2.24) is 4.90 Å². The van der Waals surface area contributed by atoms with E-state index in [1.807, 2.05) is 0 Å². The highest BCUT2D eigenvalue weighted by Gasteiger charge is 2.30. The molecule has 1 N–H and O–H groups in total. The van der Waals surface area contributed by atoms with E-state index in [4.69, 9.17) is 5.11 Å². The summed E-state index contributed by atoms with van der Waals surface area (Å²) in [6.45, 7) is 3.01. The normalized spacial score (nSPS) is 16.5. The molecule has 0 aromatic carbocycles. The van der Waals surface area contributed by atoms with Gasteiger partial charge < -0.3 is 5.11 Å². The summed E-state index contributed by atoms with van der Waals surface area (Å²) in [4.78, 5) is 33.2. The van der Waals surface area contributed by atoms with Crippen LogP contribution in [0.5, 0.6) is 0 Å². The molecule has 5 nitrogen and oxygen atoms in total. The van der Waals surface area contributed by atoms with Crippen molar-refractivity contribution in [3.05, 3.63) is 12.2 Å². The Morgan fingerprint density at radius 2 is 2.23 bits per heavy atom. The molecule has 0 aliphatic carbocycles. The van der Waals surface area contributed by atoms with Crippen LogP contribution in [0.3, 0.4) is 0 Å². The predicted molar refractivity (Wildman–Crippen MR) is 46.3 cm³/mol. The predicted octanol–water partition coefficient (Wildman–Crippen LogP) is 0.323. The fourth-order valence-electron chi connectivity index (χ4n) is 0.792. The maximum atomic E-state index is 11.0. The first kappa shape index (κ1) is 9.79. The fraction of sp³-hybridized carbons (Fsp3) is 0.286. The first-order valence-electron chi connectivity index (χ1n) is 3.40. The molecule has 1 heterocycles. The van der Waals surface area contributed by atoms with Crippen molar-refractivity contribution in [3.8, 4) is 0 Å². The molecular weight excluding hydrogens is 194 g/mol. The maximum absolute atomic E-state index is 11.0. The second-order valence-electron chi connectivity index (χ2n) is 2.44. The van der Waals surface area contributed by atoms with Gasteiger partial charge in [-0.15, -0.1) is 0 Å². The number of carboxylic acid groups (broad SMARTS) is 1. The summed E-state index contributed by atoms with van der Waals surface area (Å²) in [6, 6.07) is 0. The Morgan fingerprint density at radius 1 is 1.62 bits per heavy atom. The molecule has 6 heteroatoms. The van der Waals surface area contributed by atoms with Gasteiger partial charge in [0.1, 0.15) is 0 Å². The Balaban J connectivity index is 2.63. The van der Waals surface area contributed by atoms with Crippen molar-refractivity contribution in [2.24, 2.45) is 0 Å². The van der Waals surface area contributed by atoms with Gasteiger partial charge in [0, 0.05) is 5.57 Å². The van der Waals surface area contributed by atoms with E-state index in [9.17, 15) is 14.4 Å². The summed E-state index contributed by atoms with van der Waals surface area (Å²) in [5.41, 5.74) is -0.163. The van der Waals surface area contributed by atoms with Gasteiger partial charge in [0.15, 0.2) is 0 Å². The molecule has 70 valence electrons. The third-order valence-electron chi connectivity index (χ3n) is 1.49. The van der Waals surface area contributed by atoms with Gasteiger partial charge in [-0.05, 0) is 0 Å². The fourth-order valence-corrected chi connectivity index (χ4v) is 1.52. The molecule has 1 rings (SSSR count). The molecule has 0 bridgehead atoms. The molecule has 1 aliphatic rings. The molecule has 1 saturated heterocycles. The van der Waals surface area contributed by atoms with Crippen LogP contribution in [-0.2, 0) is 9.59 Å². The van der Waals surface area contributed by atoms with Crippen molar-refractivity contribution >= 4 is 28.9 Å². The smallest absolute Gasteiger partial charge is 0.332 e. The average molecular weight is 201 g/mol. The second kappa shape index (κ2) is 3.61. The molecule has 2 amide bonds. The first-order valence-corrected chi connectivity index (χ1v) is 4.39. The number of rotatable bonds is 3. The summed E-state index contributed by atoms with van der Waals surface area (Å²) in [7, 11) is 0. The van der Waals surface area contributed by atoms with Crippen LogP contribution in [0.4, 0.5) is 4.79 Å². The number of hydrogen-bond donors (Lipinski definition) is 1. The number of amides is 2. The van der Waals surface area contributed by atoms with E-state index >= 15 is 0 Å². The summed E-state index contributed by atoms with van der Waals surface area (Å²) in [5.74, 6) is -1.47. The van der Waals surface area contributed by atoms with Crippen LogP contribution < -0.4 is 0 Å². The molecule has 0 aromatic rings. The molecule has 1 aliphatic heterocycles. The first-order chi connectivity index (χ1) is 6.02. The SMILES string of the molecule is C=C(CN1C(=O)CSC1=O)C(=O)O. The van der Waals surface area contributed by atoms with Crippen LogP contribution in [0.2, 0.25) is 0 Å². The van der Waals surface area contributed by atoms with E-state index in [2.05, 4.69) is 6.58 Å². The quantitative estimate of drug-likeness (QED) is 0.665.